The Hall–Kier alpha value is -0.780. The summed E-state index contributed by atoms with van der Waals surface area (Å²) >= 11 is 0. The van der Waals surface area contributed by atoms with Crippen molar-refractivity contribution < 1.29 is 27.4 Å². The maximum atomic E-state index is 12.9. The lowest BCUT2D eigenvalue weighted by molar-refractivity contribution is -0.288. The summed E-state index contributed by atoms with van der Waals surface area (Å²) in [6.45, 7) is 7.78. The van der Waals surface area contributed by atoms with Crippen LogP contribution in [0.1, 0.15) is 47.5 Å². The molecule has 1 saturated heterocycles. The summed E-state index contributed by atoms with van der Waals surface area (Å²) in [5, 5.41) is 0. The summed E-state index contributed by atoms with van der Waals surface area (Å²) < 4.78 is 48.7. The number of esters is 1. The molecule has 0 N–H and O–H groups in total. The van der Waals surface area contributed by atoms with Crippen LogP contribution in [0.3, 0.4) is 0 Å². The number of carbonyl (C=O) groups excluding carboxylic acids is 1. The molecule has 0 spiro atoms. The van der Waals surface area contributed by atoms with Gasteiger partial charge in [-0.15, -0.1) is 0 Å². The highest BCUT2D eigenvalue weighted by atomic mass is 19.4. The number of hydrogen-bond acceptors (Lipinski definition) is 3. The number of ether oxygens (including phenoxy) is 2. The first-order valence-corrected chi connectivity index (χ1v) is 6.38. The van der Waals surface area contributed by atoms with Crippen LogP contribution in [0.5, 0.6) is 0 Å². The van der Waals surface area contributed by atoms with Gasteiger partial charge in [-0.3, -0.25) is 4.79 Å². The van der Waals surface area contributed by atoms with Gasteiger partial charge >= 0.3 is 12.1 Å². The van der Waals surface area contributed by atoms with E-state index in [0.29, 0.717) is 6.42 Å². The SMILES string of the molecule is CCC(C)(C)C(=O)OC1OC(C)(C(F)(F)F)CC1C. The van der Waals surface area contributed by atoms with Crippen LogP contribution in [0.25, 0.3) is 0 Å². The van der Waals surface area contributed by atoms with Crippen LogP contribution in [0, 0.1) is 11.3 Å². The Kier molecular flexibility index (Phi) is 4.25. The Labute approximate surface area is 111 Å². The van der Waals surface area contributed by atoms with E-state index in [0.717, 1.165) is 6.92 Å². The highest BCUT2D eigenvalue weighted by Gasteiger charge is 2.59. The molecular weight excluding hydrogens is 261 g/mol. The Bertz CT molecular complexity index is 352. The van der Waals surface area contributed by atoms with E-state index in [1.807, 2.05) is 6.92 Å². The van der Waals surface area contributed by atoms with Crippen LogP contribution < -0.4 is 0 Å². The molecule has 1 fully saturated rings. The zero-order valence-electron chi connectivity index (χ0n) is 11.9. The molecule has 0 aromatic heterocycles. The lowest BCUT2D eigenvalue weighted by atomic mass is 9.90. The summed E-state index contributed by atoms with van der Waals surface area (Å²) in [4.78, 5) is 11.9. The molecule has 0 saturated carbocycles. The van der Waals surface area contributed by atoms with Crippen LogP contribution in [0.4, 0.5) is 13.2 Å². The van der Waals surface area contributed by atoms with Gasteiger partial charge < -0.3 is 9.47 Å². The first-order valence-electron chi connectivity index (χ1n) is 6.38. The largest absolute Gasteiger partial charge is 0.435 e. The van der Waals surface area contributed by atoms with Gasteiger partial charge in [0.1, 0.15) is 0 Å². The Morgan fingerprint density at radius 2 is 1.95 bits per heavy atom. The lowest BCUT2D eigenvalue weighted by Crippen LogP contribution is -2.43. The molecule has 0 aromatic rings. The van der Waals surface area contributed by atoms with Crippen LogP contribution >= 0.6 is 0 Å². The lowest BCUT2D eigenvalue weighted by Gasteiger charge is -2.28. The van der Waals surface area contributed by atoms with Crippen molar-refractivity contribution in [3.8, 4) is 0 Å². The van der Waals surface area contributed by atoms with E-state index in [-0.39, 0.29) is 6.42 Å². The van der Waals surface area contributed by atoms with E-state index in [2.05, 4.69) is 0 Å². The molecule has 3 unspecified atom stereocenters. The minimum absolute atomic E-state index is 0.207. The van der Waals surface area contributed by atoms with Crippen molar-refractivity contribution in [2.45, 2.75) is 65.5 Å². The first-order chi connectivity index (χ1) is 8.43. The monoisotopic (exact) mass is 282 g/mol. The third kappa shape index (κ3) is 3.22. The maximum Gasteiger partial charge on any atom is 0.417 e. The van der Waals surface area contributed by atoms with Gasteiger partial charge in [-0.25, -0.2) is 0 Å². The molecule has 3 atom stereocenters. The minimum atomic E-state index is -4.47. The first kappa shape index (κ1) is 16.3. The average Bonchev–Trinajstić information content (AvgIpc) is 2.54. The summed E-state index contributed by atoms with van der Waals surface area (Å²) in [7, 11) is 0. The number of halogens is 3. The average molecular weight is 282 g/mol. The molecule has 1 aliphatic heterocycles. The third-order valence-electron chi connectivity index (χ3n) is 3.81. The van der Waals surface area contributed by atoms with E-state index in [1.54, 1.807) is 20.8 Å². The summed E-state index contributed by atoms with van der Waals surface area (Å²) in [5.74, 6) is -1.01. The van der Waals surface area contributed by atoms with Crippen LogP contribution in [0.15, 0.2) is 0 Å². The van der Waals surface area contributed by atoms with Crippen molar-refractivity contribution in [2.24, 2.45) is 11.3 Å². The minimum Gasteiger partial charge on any atom is -0.435 e. The van der Waals surface area contributed by atoms with E-state index < -0.39 is 35.4 Å². The van der Waals surface area contributed by atoms with Crippen LogP contribution in [-0.2, 0) is 14.3 Å². The van der Waals surface area contributed by atoms with Crippen molar-refractivity contribution in [2.75, 3.05) is 0 Å². The van der Waals surface area contributed by atoms with Crippen molar-refractivity contribution >= 4 is 5.97 Å². The molecule has 0 aliphatic carbocycles. The Balaban J connectivity index is 2.76. The highest BCUT2D eigenvalue weighted by molar-refractivity contribution is 5.75. The van der Waals surface area contributed by atoms with E-state index in [9.17, 15) is 18.0 Å². The Morgan fingerprint density at radius 1 is 1.42 bits per heavy atom. The molecular formula is C13H21F3O3. The smallest absolute Gasteiger partial charge is 0.417 e. The Morgan fingerprint density at radius 3 is 2.32 bits per heavy atom. The fraction of sp³-hybridized carbons (Fsp3) is 0.923. The number of alkyl halides is 3. The van der Waals surface area contributed by atoms with Gasteiger partial charge in [-0.1, -0.05) is 13.8 Å². The van der Waals surface area contributed by atoms with Gasteiger partial charge in [0.15, 0.2) is 5.60 Å². The third-order valence-corrected chi connectivity index (χ3v) is 3.81. The van der Waals surface area contributed by atoms with Gasteiger partial charge in [-0.05, 0) is 33.6 Å². The van der Waals surface area contributed by atoms with Crippen molar-refractivity contribution in [3.63, 3.8) is 0 Å². The van der Waals surface area contributed by atoms with E-state index in [1.165, 1.54) is 0 Å². The summed E-state index contributed by atoms with van der Waals surface area (Å²) in [6.07, 6.45) is -5.27. The molecule has 112 valence electrons. The molecule has 0 aromatic carbocycles. The van der Waals surface area contributed by atoms with Crippen LogP contribution in [-0.4, -0.2) is 24.0 Å². The predicted octanol–water partition coefficient (Wildman–Crippen LogP) is 3.67. The standard InChI is InChI=1S/C13H21F3O3/c1-6-11(3,4)10(17)18-9-8(2)7-12(5,19-9)13(14,15)16/h8-9H,6-7H2,1-5H3. The van der Waals surface area contributed by atoms with Gasteiger partial charge in [0.2, 0.25) is 6.29 Å². The molecule has 0 radical (unpaired) electrons. The summed E-state index contributed by atoms with van der Waals surface area (Å²) in [6, 6.07) is 0. The van der Waals surface area contributed by atoms with E-state index >= 15 is 0 Å². The molecule has 0 bridgehead atoms. The second-order valence-electron chi connectivity index (χ2n) is 6.04. The quantitative estimate of drug-likeness (QED) is 0.741. The second kappa shape index (κ2) is 4.96. The topological polar surface area (TPSA) is 35.5 Å². The zero-order chi connectivity index (χ0) is 15.1. The number of carbonyl (C=O) groups is 1. The van der Waals surface area contributed by atoms with E-state index in [4.69, 9.17) is 9.47 Å². The normalized spacial score (nSPS) is 32.4. The van der Waals surface area contributed by atoms with Crippen molar-refractivity contribution in [1.82, 2.24) is 0 Å². The maximum absolute atomic E-state index is 12.9. The predicted molar refractivity (Wildman–Crippen MR) is 63.3 cm³/mol. The molecule has 3 nitrogen and oxygen atoms in total. The number of hydrogen-bond donors (Lipinski definition) is 0. The van der Waals surface area contributed by atoms with Gasteiger partial charge in [0.05, 0.1) is 5.41 Å². The van der Waals surface area contributed by atoms with Gasteiger partial charge in [-0.2, -0.15) is 13.2 Å². The molecule has 6 heteroatoms. The van der Waals surface area contributed by atoms with Crippen molar-refractivity contribution in [1.29, 1.82) is 0 Å². The highest BCUT2D eigenvalue weighted by Crippen LogP contribution is 2.46. The zero-order valence-corrected chi connectivity index (χ0v) is 11.9. The number of rotatable bonds is 3. The van der Waals surface area contributed by atoms with Gasteiger partial charge in [0, 0.05) is 5.92 Å². The molecule has 1 heterocycles. The fourth-order valence-corrected chi connectivity index (χ4v) is 1.86. The van der Waals surface area contributed by atoms with Crippen molar-refractivity contribution in [3.05, 3.63) is 0 Å². The van der Waals surface area contributed by atoms with Gasteiger partial charge in [0.25, 0.3) is 0 Å². The second-order valence-corrected chi connectivity index (χ2v) is 6.04. The fourth-order valence-electron chi connectivity index (χ4n) is 1.86. The molecule has 1 aliphatic rings. The van der Waals surface area contributed by atoms with Crippen LogP contribution in [0.2, 0.25) is 0 Å². The molecule has 19 heavy (non-hydrogen) atoms. The molecule has 1 rings (SSSR count). The molecule has 0 amide bonds. The summed E-state index contributed by atoms with van der Waals surface area (Å²) in [5.41, 5.74) is -2.96.